The number of carbonyl (C=O) groups is 2. The molecule has 2 amide bonds. The largest absolute Gasteiger partial charge is 0.338 e. The van der Waals surface area contributed by atoms with Gasteiger partial charge >= 0.3 is 0 Å². The van der Waals surface area contributed by atoms with Crippen molar-refractivity contribution >= 4 is 38.5 Å². The van der Waals surface area contributed by atoms with Crippen molar-refractivity contribution in [2.75, 3.05) is 11.9 Å². The van der Waals surface area contributed by atoms with Crippen molar-refractivity contribution in [1.82, 2.24) is 9.88 Å². The number of benzene rings is 2. The monoisotopic (exact) mass is 369 g/mol. The van der Waals surface area contributed by atoms with E-state index in [-0.39, 0.29) is 24.1 Å². The molecule has 1 atom stereocenters. The van der Waals surface area contributed by atoms with Crippen LogP contribution in [0.15, 0.2) is 48.5 Å². The average molecular weight is 369 g/mol. The first-order valence-corrected chi connectivity index (χ1v) is 9.09. The molecular weight excluding hydrogens is 353 g/mol. The molecule has 1 N–H and O–H groups in total. The Labute approximate surface area is 153 Å². The van der Waals surface area contributed by atoms with Gasteiger partial charge in [-0.1, -0.05) is 41.7 Å². The highest BCUT2D eigenvalue weighted by Crippen LogP contribution is 2.28. The summed E-state index contributed by atoms with van der Waals surface area (Å²) in [6.07, 6.45) is 0.193. The third-order valence-electron chi connectivity index (χ3n) is 4.38. The van der Waals surface area contributed by atoms with Gasteiger partial charge in [0.25, 0.3) is 0 Å². The zero-order valence-electron chi connectivity index (χ0n) is 13.8. The molecule has 1 unspecified atom stereocenters. The molecule has 0 bridgehead atoms. The Morgan fingerprint density at radius 3 is 2.88 bits per heavy atom. The number of nitrogens with one attached hydrogen (secondary N) is 1. The molecule has 132 valence electrons. The van der Waals surface area contributed by atoms with Gasteiger partial charge in [0.05, 0.1) is 16.1 Å². The van der Waals surface area contributed by atoms with E-state index in [9.17, 15) is 14.0 Å². The fourth-order valence-corrected chi connectivity index (χ4v) is 3.96. The van der Waals surface area contributed by atoms with Crippen LogP contribution >= 0.6 is 11.3 Å². The smallest absolute Gasteiger partial charge is 0.231 e. The first kappa shape index (κ1) is 16.7. The molecule has 3 aromatic rings. The Bertz CT molecular complexity index is 973. The highest BCUT2D eigenvalue weighted by atomic mass is 32.1. The summed E-state index contributed by atoms with van der Waals surface area (Å²) in [7, 11) is 0. The number of amides is 2. The molecule has 0 aliphatic carbocycles. The van der Waals surface area contributed by atoms with Crippen molar-refractivity contribution in [3.8, 4) is 0 Å². The molecule has 0 radical (unpaired) electrons. The molecule has 1 saturated heterocycles. The number of carbonyl (C=O) groups excluding carboxylic acids is 2. The second-order valence-electron chi connectivity index (χ2n) is 6.28. The number of nitrogens with zero attached hydrogens (tertiary/aromatic N) is 2. The summed E-state index contributed by atoms with van der Waals surface area (Å²) in [5, 5.41) is 3.19. The molecule has 1 fully saturated rings. The van der Waals surface area contributed by atoms with Crippen LogP contribution in [0, 0.1) is 11.7 Å². The molecular formula is C19H16FN3O2S. The lowest BCUT2D eigenvalue weighted by atomic mass is 10.1. The third-order valence-corrected chi connectivity index (χ3v) is 5.32. The van der Waals surface area contributed by atoms with Crippen molar-refractivity contribution in [3.63, 3.8) is 0 Å². The van der Waals surface area contributed by atoms with Gasteiger partial charge in [-0.3, -0.25) is 9.59 Å². The van der Waals surface area contributed by atoms with E-state index in [4.69, 9.17) is 0 Å². The average Bonchev–Trinajstić information content (AvgIpc) is 3.18. The van der Waals surface area contributed by atoms with E-state index in [0.29, 0.717) is 28.4 Å². The van der Waals surface area contributed by atoms with E-state index in [0.717, 1.165) is 5.56 Å². The molecule has 26 heavy (non-hydrogen) atoms. The molecule has 2 heterocycles. The molecule has 0 saturated carbocycles. The summed E-state index contributed by atoms with van der Waals surface area (Å²) in [6, 6.07) is 14.0. The molecule has 1 aliphatic heterocycles. The van der Waals surface area contributed by atoms with E-state index in [1.165, 1.54) is 23.5 Å². The minimum atomic E-state index is -0.407. The lowest BCUT2D eigenvalue weighted by Crippen LogP contribution is -2.28. The van der Waals surface area contributed by atoms with Crippen LogP contribution < -0.4 is 5.32 Å². The zero-order valence-corrected chi connectivity index (χ0v) is 14.6. The van der Waals surface area contributed by atoms with E-state index in [2.05, 4.69) is 10.3 Å². The van der Waals surface area contributed by atoms with Crippen molar-refractivity contribution in [3.05, 3.63) is 59.9 Å². The summed E-state index contributed by atoms with van der Waals surface area (Å²) < 4.78 is 13.9. The minimum Gasteiger partial charge on any atom is -0.338 e. The van der Waals surface area contributed by atoms with Crippen LogP contribution in [0.4, 0.5) is 9.52 Å². The maximum absolute atomic E-state index is 13.3. The van der Waals surface area contributed by atoms with Crippen molar-refractivity contribution in [1.29, 1.82) is 0 Å². The predicted molar refractivity (Wildman–Crippen MR) is 98.2 cm³/mol. The van der Waals surface area contributed by atoms with Crippen molar-refractivity contribution < 1.29 is 14.0 Å². The Kier molecular flexibility index (Phi) is 4.38. The van der Waals surface area contributed by atoms with Crippen molar-refractivity contribution in [2.24, 2.45) is 5.92 Å². The van der Waals surface area contributed by atoms with Crippen molar-refractivity contribution in [2.45, 2.75) is 13.0 Å². The first-order valence-electron chi connectivity index (χ1n) is 8.27. The number of fused-ring (bicyclic) bond motifs is 1. The zero-order chi connectivity index (χ0) is 18.1. The second-order valence-corrected chi connectivity index (χ2v) is 7.31. The minimum absolute atomic E-state index is 0.0274. The highest BCUT2D eigenvalue weighted by Gasteiger charge is 2.34. The van der Waals surface area contributed by atoms with E-state index < -0.39 is 5.92 Å². The van der Waals surface area contributed by atoms with Crippen LogP contribution in [-0.2, 0) is 16.1 Å². The standard InChI is InChI=1S/C19H16FN3O2S/c20-14-6-7-15-16(9-14)26-19(21-15)22-18(25)13-8-17(24)23(11-13)10-12-4-2-1-3-5-12/h1-7,9,13H,8,10-11H2,(H,21,22,25). The summed E-state index contributed by atoms with van der Waals surface area (Å²) in [5.41, 5.74) is 1.68. The van der Waals surface area contributed by atoms with Crippen LogP contribution in [0.2, 0.25) is 0 Å². The van der Waals surface area contributed by atoms with Gasteiger partial charge in [-0.25, -0.2) is 9.37 Å². The Hall–Kier alpha value is -2.80. The topological polar surface area (TPSA) is 62.3 Å². The lowest BCUT2D eigenvalue weighted by Gasteiger charge is -2.16. The molecule has 1 aromatic heterocycles. The van der Waals surface area contributed by atoms with E-state index >= 15 is 0 Å². The lowest BCUT2D eigenvalue weighted by molar-refractivity contribution is -0.128. The first-order chi connectivity index (χ1) is 12.6. The van der Waals surface area contributed by atoms with E-state index in [1.807, 2.05) is 30.3 Å². The number of aromatic nitrogens is 1. The predicted octanol–water partition coefficient (Wildman–Crippen LogP) is 3.42. The normalized spacial score (nSPS) is 17.0. The number of thiazole rings is 1. The van der Waals surface area contributed by atoms with Gasteiger partial charge in [0.2, 0.25) is 11.8 Å². The van der Waals surface area contributed by atoms with Gasteiger partial charge in [-0.15, -0.1) is 0 Å². The van der Waals surface area contributed by atoms with Crippen LogP contribution in [0.5, 0.6) is 0 Å². The number of hydrogen-bond acceptors (Lipinski definition) is 4. The maximum atomic E-state index is 13.3. The second kappa shape index (κ2) is 6.84. The molecule has 4 rings (SSSR count). The fraction of sp³-hybridized carbons (Fsp3) is 0.211. The molecule has 2 aromatic carbocycles. The van der Waals surface area contributed by atoms with Gasteiger partial charge in [0.1, 0.15) is 5.82 Å². The summed E-state index contributed by atoms with van der Waals surface area (Å²) >= 11 is 1.22. The van der Waals surface area contributed by atoms with Gasteiger partial charge in [-0.2, -0.15) is 0 Å². The number of likely N-dealkylation sites (tertiary alicyclic amines) is 1. The van der Waals surface area contributed by atoms with Crippen LogP contribution in [0.25, 0.3) is 10.2 Å². The molecule has 0 spiro atoms. The van der Waals surface area contributed by atoms with Crippen LogP contribution in [-0.4, -0.2) is 28.2 Å². The molecule has 7 heteroatoms. The quantitative estimate of drug-likeness (QED) is 0.766. The highest BCUT2D eigenvalue weighted by molar-refractivity contribution is 7.22. The summed E-state index contributed by atoms with van der Waals surface area (Å²) in [5.74, 6) is -0.999. The van der Waals surface area contributed by atoms with E-state index in [1.54, 1.807) is 11.0 Å². The molecule has 1 aliphatic rings. The third kappa shape index (κ3) is 3.43. The van der Waals surface area contributed by atoms with Gasteiger partial charge in [0.15, 0.2) is 5.13 Å². The number of anilines is 1. The SMILES string of the molecule is O=C(Nc1nc2ccc(F)cc2s1)C1CC(=O)N(Cc2ccccc2)C1. The fourth-order valence-electron chi connectivity index (χ4n) is 3.06. The summed E-state index contributed by atoms with van der Waals surface area (Å²) in [6.45, 7) is 0.892. The Morgan fingerprint density at radius 1 is 1.27 bits per heavy atom. The van der Waals surface area contributed by atoms with Gasteiger partial charge < -0.3 is 10.2 Å². The number of halogens is 1. The Balaban J connectivity index is 1.42. The number of rotatable bonds is 4. The van der Waals surface area contributed by atoms with Gasteiger partial charge in [0, 0.05) is 19.5 Å². The maximum Gasteiger partial charge on any atom is 0.231 e. The van der Waals surface area contributed by atoms with Crippen LogP contribution in [0.3, 0.4) is 0 Å². The summed E-state index contributed by atoms with van der Waals surface area (Å²) in [4.78, 5) is 30.7. The Morgan fingerprint density at radius 2 is 2.08 bits per heavy atom. The number of hydrogen-bond donors (Lipinski definition) is 1. The molecule has 5 nitrogen and oxygen atoms in total. The van der Waals surface area contributed by atoms with Gasteiger partial charge in [-0.05, 0) is 23.8 Å². The van der Waals surface area contributed by atoms with Crippen LogP contribution in [0.1, 0.15) is 12.0 Å².